The smallest absolute Gasteiger partial charge is 0.329 e. The number of pyridine rings is 2. The number of ether oxygens (including phenoxy) is 1. The fraction of sp³-hybridized carbons (Fsp3) is 0.519. The monoisotopic (exact) mass is 540 g/mol. The zero-order valence-electron chi connectivity index (χ0n) is 23.0. The number of aryl methyl sites for hydroxylation is 1. The molecule has 1 atom stereocenters. The van der Waals surface area contributed by atoms with E-state index in [1.807, 2.05) is 6.07 Å². The van der Waals surface area contributed by atoms with Crippen LogP contribution in [-0.2, 0) is 11.3 Å². The molecule has 0 bridgehead atoms. The highest BCUT2D eigenvalue weighted by atomic mass is 19.1. The lowest BCUT2D eigenvalue weighted by molar-refractivity contribution is 0.111. The summed E-state index contributed by atoms with van der Waals surface area (Å²) >= 11 is 0. The third-order valence-electron chi connectivity index (χ3n) is 6.74. The van der Waals surface area contributed by atoms with Crippen molar-refractivity contribution in [2.75, 3.05) is 75.7 Å². The van der Waals surface area contributed by atoms with E-state index in [4.69, 9.17) is 4.74 Å². The van der Waals surface area contributed by atoms with Gasteiger partial charge in [-0.2, -0.15) is 5.26 Å². The van der Waals surface area contributed by atoms with Gasteiger partial charge in [0.1, 0.15) is 30.1 Å². The number of carbonyl (C=O) groups is 2. The molecule has 0 aromatic carbocycles. The maximum Gasteiger partial charge on any atom is 0.329 e. The van der Waals surface area contributed by atoms with Crippen LogP contribution in [-0.4, -0.2) is 98.3 Å². The summed E-state index contributed by atoms with van der Waals surface area (Å²) in [5, 5.41) is 15.2. The predicted molar refractivity (Wildman–Crippen MR) is 148 cm³/mol. The van der Waals surface area contributed by atoms with Crippen LogP contribution in [0.4, 0.5) is 26.5 Å². The fourth-order valence-electron chi connectivity index (χ4n) is 4.41. The Hall–Kier alpha value is -3.66. The third kappa shape index (κ3) is 7.69. The first-order chi connectivity index (χ1) is 18.8. The van der Waals surface area contributed by atoms with Gasteiger partial charge < -0.3 is 15.0 Å². The van der Waals surface area contributed by atoms with Crippen LogP contribution >= 0.6 is 0 Å². The molecule has 12 heteroatoms. The van der Waals surface area contributed by atoms with Gasteiger partial charge in [0, 0.05) is 58.6 Å². The molecule has 2 aromatic heterocycles. The Morgan fingerprint density at radius 1 is 1.33 bits per heavy atom. The van der Waals surface area contributed by atoms with Gasteiger partial charge >= 0.3 is 6.03 Å². The standard InChI is InChI=1S/C27H37FN8O3/c1-5-22(14-28)36(27(38)33-25-13-23(30-6-11-39-4)21(15-29)16-31-25)26-19(2)12-20(24(18-37)32-26)17-35-9-7-34(3)8-10-35/h12-13,16,18,22H,5-11,14,17H2,1-4H3,(H2,30,31,33,38). The van der Waals surface area contributed by atoms with Crippen LogP contribution in [0.5, 0.6) is 0 Å². The highest BCUT2D eigenvalue weighted by Crippen LogP contribution is 2.26. The number of methoxy groups -OCH3 is 1. The van der Waals surface area contributed by atoms with E-state index in [0.29, 0.717) is 49.2 Å². The van der Waals surface area contributed by atoms with Crippen molar-refractivity contribution in [1.82, 2.24) is 19.8 Å². The Bertz CT molecular complexity index is 1180. The van der Waals surface area contributed by atoms with E-state index in [0.717, 1.165) is 31.7 Å². The molecule has 0 aliphatic carbocycles. The zero-order chi connectivity index (χ0) is 28.4. The molecule has 210 valence electrons. The number of hydrogen-bond donors (Lipinski definition) is 2. The Kier molecular flexibility index (Phi) is 11.1. The number of rotatable bonds is 12. The van der Waals surface area contributed by atoms with E-state index in [1.54, 1.807) is 21.0 Å². The first-order valence-electron chi connectivity index (χ1n) is 13.0. The number of aldehydes is 1. The third-order valence-corrected chi connectivity index (χ3v) is 6.74. The lowest BCUT2D eigenvalue weighted by Gasteiger charge is -2.33. The number of nitrogens with one attached hydrogen (secondary N) is 2. The number of piperazine rings is 1. The maximum absolute atomic E-state index is 14.2. The van der Waals surface area contributed by atoms with E-state index >= 15 is 0 Å². The van der Waals surface area contributed by atoms with E-state index in [1.165, 1.54) is 17.2 Å². The number of urea groups is 1. The Balaban J connectivity index is 1.90. The molecule has 2 amide bonds. The minimum Gasteiger partial charge on any atom is -0.383 e. The number of aromatic nitrogens is 2. The number of anilines is 3. The molecule has 11 nitrogen and oxygen atoms in total. The number of amides is 2. The highest BCUT2D eigenvalue weighted by molar-refractivity contribution is 6.02. The van der Waals surface area contributed by atoms with Crippen LogP contribution in [0.1, 0.15) is 40.5 Å². The molecule has 0 radical (unpaired) electrons. The average molecular weight is 541 g/mol. The highest BCUT2D eigenvalue weighted by Gasteiger charge is 2.29. The van der Waals surface area contributed by atoms with Crippen molar-refractivity contribution < 1.29 is 18.7 Å². The quantitative estimate of drug-likeness (QED) is 0.308. The van der Waals surface area contributed by atoms with E-state index in [-0.39, 0.29) is 17.3 Å². The summed E-state index contributed by atoms with van der Waals surface area (Å²) in [6.07, 6.45) is 2.36. The molecule has 0 saturated carbocycles. The van der Waals surface area contributed by atoms with Gasteiger partial charge in [-0.15, -0.1) is 0 Å². The second kappa shape index (κ2) is 14.5. The molecule has 2 aromatic rings. The lowest BCUT2D eigenvalue weighted by atomic mass is 10.1. The fourth-order valence-corrected chi connectivity index (χ4v) is 4.41. The average Bonchev–Trinajstić information content (AvgIpc) is 2.93. The summed E-state index contributed by atoms with van der Waals surface area (Å²) in [7, 11) is 3.65. The summed E-state index contributed by atoms with van der Waals surface area (Å²) in [6, 6.07) is 4.00. The van der Waals surface area contributed by atoms with E-state index in [9.17, 15) is 19.2 Å². The van der Waals surface area contributed by atoms with Crippen molar-refractivity contribution in [2.45, 2.75) is 32.9 Å². The molecule has 1 aliphatic heterocycles. The Labute approximate surface area is 228 Å². The molecule has 2 N–H and O–H groups in total. The largest absolute Gasteiger partial charge is 0.383 e. The van der Waals surface area contributed by atoms with Gasteiger partial charge in [-0.3, -0.25) is 19.9 Å². The minimum absolute atomic E-state index is 0.178. The second-order valence-electron chi connectivity index (χ2n) is 9.53. The second-order valence-corrected chi connectivity index (χ2v) is 9.53. The summed E-state index contributed by atoms with van der Waals surface area (Å²) in [4.78, 5) is 40.1. The molecular formula is C27H37FN8O3. The van der Waals surface area contributed by atoms with Crippen molar-refractivity contribution in [2.24, 2.45) is 0 Å². The van der Waals surface area contributed by atoms with Gasteiger partial charge in [0.2, 0.25) is 0 Å². The van der Waals surface area contributed by atoms with Crippen molar-refractivity contribution in [3.63, 3.8) is 0 Å². The van der Waals surface area contributed by atoms with Crippen LogP contribution in [0.3, 0.4) is 0 Å². The summed E-state index contributed by atoms with van der Waals surface area (Å²) in [5.74, 6) is 0.394. The van der Waals surface area contributed by atoms with Gasteiger partial charge in [-0.05, 0) is 37.6 Å². The van der Waals surface area contributed by atoms with Crippen molar-refractivity contribution in [3.8, 4) is 6.07 Å². The molecule has 1 fully saturated rings. The van der Waals surface area contributed by atoms with Crippen molar-refractivity contribution >= 4 is 29.6 Å². The number of nitriles is 1. The van der Waals surface area contributed by atoms with Crippen LogP contribution in [0, 0.1) is 18.3 Å². The molecule has 3 rings (SSSR count). The Morgan fingerprint density at radius 3 is 2.69 bits per heavy atom. The summed E-state index contributed by atoms with van der Waals surface area (Å²) < 4.78 is 19.2. The topological polar surface area (TPSA) is 127 Å². The van der Waals surface area contributed by atoms with Gasteiger partial charge in [0.25, 0.3) is 0 Å². The molecular weight excluding hydrogens is 503 g/mol. The first kappa shape index (κ1) is 29.9. The predicted octanol–water partition coefficient (Wildman–Crippen LogP) is 3.06. The molecule has 1 saturated heterocycles. The minimum atomic E-state index is -0.808. The van der Waals surface area contributed by atoms with Gasteiger partial charge in [0.15, 0.2) is 6.29 Å². The van der Waals surface area contributed by atoms with Crippen LogP contribution < -0.4 is 15.5 Å². The number of nitrogens with zero attached hydrogens (tertiary/aromatic N) is 6. The van der Waals surface area contributed by atoms with Gasteiger partial charge in [0.05, 0.1) is 23.9 Å². The lowest BCUT2D eigenvalue weighted by Crippen LogP contribution is -2.45. The SMILES string of the molecule is CCC(CF)N(C(=O)Nc1cc(NCCOC)c(C#N)cn1)c1nc(C=O)c(CN2CCN(C)CC2)cc1C. The molecule has 1 unspecified atom stereocenters. The van der Waals surface area contributed by atoms with Crippen molar-refractivity contribution in [3.05, 3.63) is 40.7 Å². The van der Waals surface area contributed by atoms with Crippen LogP contribution in [0.2, 0.25) is 0 Å². The van der Waals surface area contributed by atoms with Crippen LogP contribution in [0.15, 0.2) is 18.3 Å². The van der Waals surface area contributed by atoms with Crippen LogP contribution in [0.25, 0.3) is 0 Å². The Morgan fingerprint density at radius 2 is 2.08 bits per heavy atom. The van der Waals surface area contributed by atoms with Crippen molar-refractivity contribution in [1.29, 1.82) is 5.26 Å². The maximum atomic E-state index is 14.2. The number of carbonyl (C=O) groups excluding carboxylic acids is 2. The first-order valence-corrected chi connectivity index (χ1v) is 13.0. The van der Waals surface area contributed by atoms with Gasteiger partial charge in [-0.1, -0.05) is 6.92 Å². The van der Waals surface area contributed by atoms with E-state index in [2.05, 4.69) is 43.5 Å². The molecule has 3 heterocycles. The molecule has 0 spiro atoms. The number of halogens is 1. The summed E-state index contributed by atoms with van der Waals surface area (Å²) in [6.45, 7) is 7.86. The molecule has 39 heavy (non-hydrogen) atoms. The number of alkyl halides is 1. The van der Waals surface area contributed by atoms with E-state index < -0.39 is 18.7 Å². The molecule has 1 aliphatic rings. The summed E-state index contributed by atoms with van der Waals surface area (Å²) in [5.41, 5.74) is 2.43. The number of hydrogen-bond acceptors (Lipinski definition) is 9. The normalized spacial score (nSPS) is 14.9. The zero-order valence-corrected chi connectivity index (χ0v) is 23.0. The number of likely N-dealkylation sites (N-methyl/N-ethyl adjacent to an activating group) is 1. The van der Waals surface area contributed by atoms with Gasteiger partial charge in [-0.25, -0.2) is 19.2 Å².